The minimum atomic E-state index is -1.12. The van der Waals surface area contributed by atoms with E-state index < -0.39 is 18.1 Å². The smallest absolute Gasteiger partial charge is 0.326 e. The molecule has 0 radical (unpaired) electrons. The molecule has 1 aromatic heterocycles. The van der Waals surface area contributed by atoms with Crippen LogP contribution >= 0.6 is 11.3 Å². The minimum absolute atomic E-state index is 0.00755. The van der Waals surface area contributed by atoms with Crippen LogP contribution in [0.4, 0.5) is 0 Å². The molecule has 2 heterocycles. The monoisotopic (exact) mass is 312 g/mol. The van der Waals surface area contributed by atoms with E-state index in [-0.39, 0.29) is 37.7 Å². The molecule has 21 heavy (non-hydrogen) atoms. The molecule has 1 aliphatic heterocycles. The van der Waals surface area contributed by atoms with Gasteiger partial charge in [-0.25, -0.2) is 4.79 Å². The molecule has 1 fully saturated rings. The molecule has 3 N–H and O–H groups in total. The number of carbonyl (C=O) groups is 3. The molecule has 1 saturated heterocycles. The Balaban J connectivity index is 1.81. The summed E-state index contributed by atoms with van der Waals surface area (Å²) in [5.74, 6) is -1.76. The Bertz CT molecular complexity index is 531. The third-order valence-electron chi connectivity index (χ3n) is 3.25. The third kappa shape index (κ3) is 3.79. The fraction of sp³-hybridized carbons (Fsp3) is 0.462. The molecule has 1 aliphatic rings. The van der Waals surface area contributed by atoms with Crippen molar-refractivity contribution in [2.75, 3.05) is 13.1 Å². The number of nitrogens with one attached hydrogen (secondary N) is 1. The zero-order valence-corrected chi connectivity index (χ0v) is 12.0. The highest BCUT2D eigenvalue weighted by molar-refractivity contribution is 7.12. The molecule has 0 saturated carbocycles. The average Bonchev–Trinajstić information content (AvgIpc) is 3.07. The first-order chi connectivity index (χ1) is 9.99. The van der Waals surface area contributed by atoms with Crippen molar-refractivity contribution in [1.29, 1.82) is 0 Å². The number of likely N-dealkylation sites (tertiary alicyclic amines) is 1. The van der Waals surface area contributed by atoms with Gasteiger partial charge in [-0.1, -0.05) is 6.07 Å². The topological polar surface area (TPSA) is 107 Å². The zero-order valence-electron chi connectivity index (χ0n) is 11.2. The van der Waals surface area contributed by atoms with Gasteiger partial charge in [0, 0.05) is 25.9 Å². The predicted molar refractivity (Wildman–Crippen MR) is 75.0 cm³/mol. The van der Waals surface area contributed by atoms with Crippen molar-refractivity contribution < 1.29 is 24.6 Å². The Labute approximate surface area is 125 Å². The fourth-order valence-corrected chi connectivity index (χ4v) is 2.89. The molecule has 0 aliphatic carbocycles. The van der Waals surface area contributed by atoms with Crippen molar-refractivity contribution in [1.82, 2.24) is 10.2 Å². The van der Waals surface area contributed by atoms with Gasteiger partial charge in [-0.05, 0) is 11.4 Å². The molecule has 0 unspecified atom stereocenters. The lowest BCUT2D eigenvalue weighted by Gasteiger charge is -2.21. The van der Waals surface area contributed by atoms with Crippen LogP contribution in [-0.2, 0) is 9.59 Å². The first kappa shape index (κ1) is 15.5. The summed E-state index contributed by atoms with van der Waals surface area (Å²) < 4.78 is 0. The number of rotatable bonds is 5. The van der Waals surface area contributed by atoms with E-state index in [1.165, 1.54) is 11.3 Å². The Hall–Kier alpha value is -1.93. The van der Waals surface area contributed by atoms with Crippen molar-refractivity contribution in [2.45, 2.75) is 25.0 Å². The Morgan fingerprint density at radius 1 is 1.43 bits per heavy atom. The lowest BCUT2D eigenvalue weighted by molar-refractivity contribution is -0.148. The molecule has 8 heteroatoms. The number of hydrogen-bond acceptors (Lipinski definition) is 5. The van der Waals surface area contributed by atoms with Crippen LogP contribution in [0.1, 0.15) is 22.5 Å². The number of carbonyl (C=O) groups excluding carboxylic acids is 2. The average molecular weight is 312 g/mol. The summed E-state index contributed by atoms with van der Waals surface area (Å²) in [6, 6.07) is 2.45. The number of aliphatic hydroxyl groups is 1. The number of nitrogens with zero attached hydrogens (tertiary/aromatic N) is 1. The van der Waals surface area contributed by atoms with E-state index in [0.717, 1.165) is 4.90 Å². The van der Waals surface area contributed by atoms with Gasteiger partial charge in [0.1, 0.15) is 6.04 Å². The number of carboxylic acids is 1. The van der Waals surface area contributed by atoms with Crippen molar-refractivity contribution in [3.05, 3.63) is 22.4 Å². The molecular formula is C13H16N2O5S. The molecule has 114 valence electrons. The van der Waals surface area contributed by atoms with Crippen molar-refractivity contribution >= 4 is 29.1 Å². The highest BCUT2D eigenvalue weighted by Gasteiger charge is 2.38. The predicted octanol–water partition coefficient (Wildman–Crippen LogP) is -0.0856. The quantitative estimate of drug-likeness (QED) is 0.704. The highest BCUT2D eigenvalue weighted by atomic mass is 32.1. The highest BCUT2D eigenvalue weighted by Crippen LogP contribution is 2.19. The van der Waals surface area contributed by atoms with E-state index in [1.807, 2.05) is 0 Å². The van der Waals surface area contributed by atoms with Crippen LogP contribution in [0.25, 0.3) is 0 Å². The first-order valence-electron chi connectivity index (χ1n) is 6.51. The Morgan fingerprint density at radius 3 is 2.81 bits per heavy atom. The number of amides is 2. The maximum absolute atomic E-state index is 12.0. The summed E-state index contributed by atoms with van der Waals surface area (Å²) >= 11 is 1.30. The van der Waals surface area contributed by atoms with Gasteiger partial charge < -0.3 is 20.4 Å². The van der Waals surface area contributed by atoms with Gasteiger partial charge >= 0.3 is 5.97 Å². The molecule has 0 aromatic carbocycles. The van der Waals surface area contributed by atoms with E-state index in [1.54, 1.807) is 17.5 Å². The second-order valence-electron chi connectivity index (χ2n) is 4.77. The number of aliphatic hydroxyl groups excluding tert-OH is 1. The van der Waals surface area contributed by atoms with Crippen LogP contribution in [0.2, 0.25) is 0 Å². The van der Waals surface area contributed by atoms with E-state index in [0.29, 0.717) is 4.88 Å². The molecule has 0 bridgehead atoms. The van der Waals surface area contributed by atoms with Crippen molar-refractivity contribution in [2.24, 2.45) is 0 Å². The Kier molecular flexibility index (Phi) is 4.92. The van der Waals surface area contributed by atoms with E-state index in [2.05, 4.69) is 5.32 Å². The van der Waals surface area contributed by atoms with Gasteiger partial charge in [-0.15, -0.1) is 11.3 Å². The second-order valence-corrected chi connectivity index (χ2v) is 5.72. The van der Waals surface area contributed by atoms with Gasteiger partial charge in [-0.3, -0.25) is 9.59 Å². The summed E-state index contributed by atoms with van der Waals surface area (Å²) in [7, 11) is 0. The number of β-amino-alcohol motifs (C(OH)–C–C–N with tert-alkyl or cyclic N) is 1. The molecule has 2 amide bonds. The zero-order chi connectivity index (χ0) is 15.4. The molecular weight excluding hydrogens is 296 g/mol. The van der Waals surface area contributed by atoms with Crippen molar-refractivity contribution in [3.8, 4) is 0 Å². The lowest BCUT2D eigenvalue weighted by Crippen LogP contribution is -2.41. The van der Waals surface area contributed by atoms with Crippen LogP contribution in [0.5, 0.6) is 0 Å². The van der Waals surface area contributed by atoms with Gasteiger partial charge in [0.05, 0.1) is 11.0 Å². The lowest BCUT2D eigenvalue weighted by atomic mass is 10.2. The van der Waals surface area contributed by atoms with Crippen molar-refractivity contribution in [3.63, 3.8) is 0 Å². The second kappa shape index (κ2) is 6.68. The van der Waals surface area contributed by atoms with Crippen LogP contribution in [0.3, 0.4) is 0 Å². The van der Waals surface area contributed by atoms with E-state index in [4.69, 9.17) is 5.11 Å². The van der Waals surface area contributed by atoms with Gasteiger partial charge in [0.15, 0.2) is 0 Å². The molecule has 0 spiro atoms. The third-order valence-corrected chi connectivity index (χ3v) is 4.12. The summed E-state index contributed by atoms with van der Waals surface area (Å²) in [5.41, 5.74) is 0. The summed E-state index contributed by atoms with van der Waals surface area (Å²) in [5, 5.41) is 22.9. The number of carboxylic acid groups (broad SMARTS) is 1. The van der Waals surface area contributed by atoms with Gasteiger partial charge in [0.25, 0.3) is 5.91 Å². The standard InChI is InChI=1S/C13H16N2O5S/c16-8-6-9(13(19)20)15(7-8)11(17)3-4-14-12(18)10-2-1-5-21-10/h1-2,5,8-9,16H,3-4,6-7H2,(H,14,18)(H,19,20)/t8-,9-/m1/s1. The van der Waals surface area contributed by atoms with Crippen LogP contribution < -0.4 is 5.32 Å². The summed E-state index contributed by atoms with van der Waals surface area (Å²) in [6.07, 6.45) is -0.758. The molecule has 7 nitrogen and oxygen atoms in total. The summed E-state index contributed by atoms with van der Waals surface area (Å²) in [4.78, 5) is 36.4. The van der Waals surface area contributed by atoms with Crippen LogP contribution in [0, 0.1) is 0 Å². The molecule has 2 rings (SSSR count). The van der Waals surface area contributed by atoms with Crippen LogP contribution in [-0.4, -0.2) is 58.1 Å². The van der Waals surface area contributed by atoms with Gasteiger partial charge in [0.2, 0.25) is 5.91 Å². The maximum atomic E-state index is 12.0. The SMILES string of the molecule is O=C(NCCC(=O)N1C[C@H](O)C[C@@H]1C(=O)O)c1cccs1. The summed E-state index contributed by atoms with van der Waals surface area (Å²) in [6.45, 7) is 0.156. The number of aliphatic carboxylic acids is 1. The number of thiophene rings is 1. The normalized spacial score (nSPS) is 21.3. The Morgan fingerprint density at radius 2 is 2.19 bits per heavy atom. The minimum Gasteiger partial charge on any atom is -0.480 e. The number of hydrogen-bond donors (Lipinski definition) is 3. The largest absolute Gasteiger partial charge is 0.480 e. The maximum Gasteiger partial charge on any atom is 0.326 e. The van der Waals surface area contributed by atoms with Crippen LogP contribution in [0.15, 0.2) is 17.5 Å². The molecule has 2 atom stereocenters. The molecule has 1 aromatic rings. The van der Waals surface area contributed by atoms with E-state index in [9.17, 15) is 19.5 Å². The van der Waals surface area contributed by atoms with Gasteiger partial charge in [-0.2, -0.15) is 0 Å². The first-order valence-corrected chi connectivity index (χ1v) is 7.39. The fourth-order valence-electron chi connectivity index (χ4n) is 2.24. The van der Waals surface area contributed by atoms with E-state index >= 15 is 0 Å².